The van der Waals surface area contributed by atoms with Crippen molar-refractivity contribution in [2.24, 2.45) is 0 Å². The highest BCUT2D eigenvalue weighted by Crippen LogP contribution is 2.09. The second-order valence-corrected chi connectivity index (χ2v) is 7.49. The van der Waals surface area contributed by atoms with Crippen molar-refractivity contribution in [3.05, 3.63) is 0 Å². The summed E-state index contributed by atoms with van der Waals surface area (Å²) >= 11 is 0. The van der Waals surface area contributed by atoms with Crippen LogP contribution < -0.4 is 0 Å². The summed E-state index contributed by atoms with van der Waals surface area (Å²) in [5.74, 6) is 0. The van der Waals surface area contributed by atoms with Crippen LogP contribution in [0.3, 0.4) is 0 Å². The third-order valence-corrected chi connectivity index (χ3v) is 3.58. The first-order valence-corrected chi connectivity index (χ1v) is 9.10. The zero-order valence-corrected chi connectivity index (χ0v) is 17.4. The van der Waals surface area contributed by atoms with Crippen molar-refractivity contribution in [2.75, 3.05) is 94.8 Å². The van der Waals surface area contributed by atoms with Gasteiger partial charge in [-0.05, 0) is 56.1 Å². The molecule has 0 saturated carbocycles. The number of hydrogen-bond donors (Lipinski definition) is 0. The minimum Gasteiger partial charge on any atom is -0.379 e. The van der Waals surface area contributed by atoms with E-state index in [1.165, 1.54) is 19.6 Å². The number of ether oxygens (including phenoxy) is 2. The monoisotopic (exact) mass is 378 g/mol. The fourth-order valence-electron chi connectivity index (χ4n) is 1.22. The molecule has 0 aromatic carbocycles. The highest BCUT2D eigenvalue weighted by atomic mass is 16.6. The quantitative estimate of drug-likeness (QED) is 0.600. The van der Waals surface area contributed by atoms with Gasteiger partial charge < -0.3 is 29.1 Å². The Hall–Kier alpha value is -0.240. The summed E-state index contributed by atoms with van der Waals surface area (Å²) in [6.45, 7) is 13.2. The summed E-state index contributed by atoms with van der Waals surface area (Å²) in [4.78, 5) is 8.81. The number of hydrogen-bond acceptors (Lipinski definition) is 6. The van der Waals surface area contributed by atoms with Crippen LogP contribution in [0.2, 0.25) is 0 Å². The second-order valence-electron chi connectivity index (χ2n) is 7.49. The molecule has 4 rings (SSSR count). The van der Waals surface area contributed by atoms with Crippen LogP contribution in [0, 0.1) is 0 Å². The lowest BCUT2D eigenvalue weighted by Crippen LogP contribution is -2.32. The van der Waals surface area contributed by atoms with E-state index >= 15 is 0 Å². The van der Waals surface area contributed by atoms with Crippen LogP contribution in [0.1, 0.15) is 28.7 Å². The van der Waals surface area contributed by atoms with Crippen LogP contribution in [0.15, 0.2) is 0 Å². The van der Waals surface area contributed by atoms with E-state index < -0.39 is 0 Å². The molecule has 0 aliphatic carbocycles. The summed E-state index contributed by atoms with van der Waals surface area (Å²) < 4.78 is 9.81. The maximum atomic E-state index is 5.10. The van der Waals surface area contributed by atoms with Gasteiger partial charge in [0.1, 0.15) is 0 Å². The van der Waals surface area contributed by atoms with Crippen LogP contribution in [0.5, 0.6) is 0 Å². The van der Waals surface area contributed by atoms with Gasteiger partial charge in [-0.15, -0.1) is 0 Å². The molecular weight excluding hydrogens is 328 g/mol. The Labute approximate surface area is 165 Å². The van der Waals surface area contributed by atoms with Gasteiger partial charge in [0.25, 0.3) is 0 Å². The first kappa shape index (κ1) is 30.5. The van der Waals surface area contributed by atoms with Gasteiger partial charge in [0.15, 0.2) is 0 Å². The number of morpholine rings is 1. The van der Waals surface area contributed by atoms with E-state index in [0.717, 1.165) is 39.0 Å². The first-order valence-electron chi connectivity index (χ1n) is 9.10. The summed E-state index contributed by atoms with van der Waals surface area (Å²) in [6.07, 6.45) is 0.583. The van der Waals surface area contributed by atoms with Crippen molar-refractivity contribution >= 4 is 0 Å². The molecule has 6 heteroatoms. The molecule has 162 valence electrons. The summed E-state index contributed by atoms with van der Waals surface area (Å²) in [5.41, 5.74) is 0. The van der Waals surface area contributed by atoms with Crippen molar-refractivity contribution in [3.8, 4) is 0 Å². The van der Waals surface area contributed by atoms with Crippen LogP contribution >= 0.6 is 0 Å². The Kier molecular flexibility index (Phi) is 21.3. The SMILES string of the molecule is C.C.CC1CN1C.CC1CO1.CN(C)C.CN1CC1.CN1CCOCC1. The third kappa shape index (κ3) is 31.5. The molecule has 0 amide bonds. The Morgan fingerprint density at radius 1 is 0.808 bits per heavy atom. The van der Waals surface area contributed by atoms with Crippen LogP contribution in [-0.4, -0.2) is 127 Å². The van der Waals surface area contributed by atoms with Gasteiger partial charge in [-0.2, -0.15) is 0 Å². The molecule has 0 spiro atoms. The van der Waals surface area contributed by atoms with E-state index in [0.29, 0.717) is 6.10 Å². The third-order valence-electron chi connectivity index (χ3n) is 3.58. The number of nitrogens with zero attached hydrogens (tertiary/aromatic N) is 4. The van der Waals surface area contributed by atoms with Crippen molar-refractivity contribution in [2.45, 2.75) is 40.8 Å². The van der Waals surface area contributed by atoms with Crippen LogP contribution in [0.25, 0.3) is 0 Å². The highest BCUT2D eigenvalue weighted by Gasteiger charge is 2.22. The smallest absolute Gasteiger partial charge is 0.0781 e. The normalized spacial score (nSPS) is 27.8. The van der Waals surface area contributed by atoms with Gasteiger partial charge in [0, 0.05) is 38.8 Å². The predicted molar refractivity (Wildman–Crippen MR) is 116 cm³/mol. The van der Waals surface area contributed by atoms with Crippen molar-refractivity contribution in [3.63, 3.8) is 0 Å². The summed E-state index contributed by atoms with van der Waals surface area (Å²) in [6, 6.07) is 0.884. The van der Waals surface area contributed by atoms with Gasteiger partial charge in [-0.25, -0.2) is 0 Å². The molecule has 4 aliphatic heterocycles. The predicted octanol–water partition coefficient (Wildman–Crippen LogP) is 2.06. The molecule has 0 radical (unpaired) electrons. The maximum absolute atomic E-state index is 5.10. The molecule has 0 N–H and O–H groups in total. The molecule has 6 nitrogen and oxygen atoms in total. The Bertz CT molecular complexity index is 260. The largest absolute Gasteiger partial charge is 0.379 e. The van der Waals surface area contributed by atoms with E-state index in [2.05, 4.69) is 49.7 Å². The molecule has 4 heterocycles. The fraction of sp³-hybridized carbons (Fsp3) is 1.00. The van der Waals surface area contributed by atoms with Gasteiger partial charge in [0.05, 0.1) is 25.9 Å². The molecule has 4 fully saturated rings. The Morgan fingerprint density at radius 3 is 1.12 bits per heavy atom. The summed E-state index contributed by atoms with van der Waals surface area (Å²) in [7, 11) is 12.4. The first-order chi connectivity index (χ1) is 11.2. The van der Waals surface area contributed by atoms with E-state index in [1.807, 2.05) is 26.0 Å². The van der Waals surface area contributed by atoms with E-state index in [4.69, 9.17) is 9.47 Å². The molecule has 0 bridgehead atoms. The minimum absolute atomic E-state index is 0. The maximum Gasteiger partial charge on any atom is 0.0781 e. The van der Waals surface area contributed by atoms with Gasteiger partial charge in [-0.1, -0.05) is 14.9 Å². The molecule has 0 aromatic heterocycles. The lowest BCUT2D eigenvalue weighted by molar-refractivity contribution is 0.0503. The molecule has 26 heavy (non-hydrogen) atoms. The van der Waals surface area contributed by atoms with E-state index in [1.54, 1.807) is 0 Å². The van der Waals surface area contributed by atoms with Gasteiger partial charge in [0.2, 0.25) is 0 Å². The fourth-order valence-corrected chi connectivity index (χ4v) is 1.22. The molecule has 3 atom stereocenters. The Morgan fingerprint density at radius 2 is 1.04 bits per heavy atom. The zero-order valence-electron chi connectivity index (χ0n) is 17.4. The molecule has 3 unspecified atom stereocenters. The molecular formula is C20H50N4O2. The zero-order chi connectivity index (χ0) is 18.5. The summed E-state index contributed by atoms with van der Waals surface area (Å²) in [5, 5.41) is 0. The van der Waals surface area contributed by atoms with Crippen molar-refractivity contribution < 1.29 is 9.47 Å². The number of epoxide rings is 1. The van der Waals surface area contributed by atoms with Gasteiger partial charge >= 0.3 is 0 Å². The van der Waals surface area contributed by atoms with E-state index in [-0.39, 0.29) is 14.9 Å². The number of likely N-dealkylation sites (N-methyl/N-ethyl adjacent to an activating group) is 3. The molecule has 4 saturated heterocycles. The lowest BCUT2D eigenvalue weighted by Gasteiger charge is -2.21. The highest BCUT2D eigenvalue weighted by molar-refractivity contribution is 4.79. The minimum atomic E-state index is 0. The topological polar surface area (TPSA) is 34.3 Å². The van der Waals surface area contributed by atoms with Gasteiger partial charge in [-0.3, -0.25) is 0 Å². The van der Waals surface area contributed by atoms with Crippen molar-refractivity contribution in [1.82, 2.24) is 19.6 Å². The lowest BCUT2D eigenvalue weighted by atomic mass is 10.5. The number of rotatable bonds is 0. The molecule has 4 aliphatic rings. The standard InChI is InChI=1S/C5H11NO.C4H9N.C3H7N.C3H9N.C3H6O.2CH4/c1-6-2-4-7-5-3-6;1-4-3-5(4)2;1-4-2-3-4;1-4(2)3;1-3-2-4-3;;/h2-5H2,1H3;4H,3H2,1-2H3;2-3H2,1H3;1-3H3;3H,2H2,1H3;2*1H4. The van der Waals surface area contributed by atoms with Crippen LogP contribution in [0.4, 0.5) is 0 Å². The average Bonchev–Trinajstić information content (AvgIpc) is 3.40. The Balaban J connectivity index is -0.000000254. The van der Waals surface area contributed by atoms with Crippen molar-refractivity contribution in [1.29, 1.82) is 0 Å². The molecule has 0 aromatic rings. The van der Waals surface area contributed by atoms with E-state index in [9.17, 15) is 0 Å². The second kappa shape index (κ2) is 18.1. The van der Waals surface area contributed by atoms with Crippen LogP contribution in [-0.2, 0) is 9.47 Å². The average molecular weight is 379 g/mol.